The van der Waals surface area contributed by atoms with E-state index in [9.17, 15) is 0 Å². The van der Waals surface area contributed by atoms with Gasteiger partial charge >= 0.3 is 0 Å². The lowest BCUT2D eigenvalue weighted by Gasteiger charge is -2.00. The standard InChI is InChI=1S/C13H12N6/c1-2-11-3-6-15-13(18-11)19-8-10(7-17-19)12-4-5-14-9-16-12/h3-9H,2H2,1H3. The van der Waals surface area contributed by atoms with Crippen LogP contribution in [0, 0.1) is 0 Å². The first kappa shape index (κ1) is 11.5. The number of aryl methyl sites for hydroxylation is 1. The van der Waals surface area contributed by atoms with Crippen molar-refractivity contribution in [1.82, 2.24) is 29.7 Å². The quantitative estimate of drug-likeness (QED) is 0.709. The van der Waals surface area contributed by atoms with Crippen LogP contribution in [0.2, 0.25) is 0 Å². The molecule has 3 rings (SSSR count). The van der Waals surface area contributed by atoms with Gasteiger partial charge < -0.3 is 0 Å². The van der Waals surface area contributed by atoms with Crippen molar-refractivity contribution in [3.05, 3.63) is 48.9 Å². The van der Waals surface area contributed by atoms with Crippen molar-refractivity contribution in [1.29, 1.82) is 0 Å². The molecule has 0 saturated heterocycles. The number of hydrogen-bond donors (Lipinski definition) is 0. The van der Waals surface area contributed by atoms with Gasteiger partial charge in [0.15, 0.2) is 0 Å². The van der Waals surface area contributed by atoms with Gasteiger partial charge in [0.05, 0.1) is 11.9 Å². The molecule has 0 aromatic carbocycles. The van der Waals surface area contributed by atoms with E-state index in [0.717, 1.165) is 23.4 Å². The molecule has 0 fully saturated rings. The molecule has 3 aromatic heterocycles. The minimum Gasteiger partial charge on any atom is -0.245 e. The highest BCUT2D eigenvalue weighted by molar-refractivity contribution is 5.56. The Hall–Kier alpha value is -2.63. The minimum atomic E-state index is 0.569. The van der Waals surface area contributed by atoms with E-state index in [-0.39, 0.29) is 0 Å². The van der Waals surface area contributed by atoms with Crippen LogP contribution >= 0.6 is 0 Å². The van der Waals surface area contributed by atoms with Gasteiger partial charge in [0.1, 0.15) is 6.33 Å². The zero-order valence-electron chi connectivity index (χ0n) is 10.4. The van der Waals surface area contributed by atoms with E-state index in [1.165, 1.54) is 6.33 Å². The average Bonchev–Trinajstić information content (AvgIpc) is 2.98. The van der Waals surface area contributed by atoms with Crippen molar-refractivity contribution in [3.8, 4) is 17.2 Å². The molecule has 6 heteroatoms. The highest BCUT2D eigenvalue weighted by atomic mass is 15.3. The van der Waals surface area contributed by atoms with E-state index in [1.54, 1.807) is 23.3 Å². The molecule has 0 atom stereocenters. The van der Waals surface area contributed by atoms with Crippen LogP contribution in [0.4, 0.5) is 0 Å². The first-order valence-electron chi connectivity index (χ1n) is 6.00. The lowest BCUT2D eigenvalue weighted by molar-refractivity contribution is 0.793. The molecule has 3 heterocycles. The molecule has 6 nitrogen and oxygen atoms in total. The van der Waals surface area contributed by atoms with Crippen molar-refractivity contribution in [2.75, 3.05) is 0 Å². The maximum absolute atomic E-state index is 4.43. The maximum atomic E-state index is 4.43. The molecule has 0 aliphatic rings. The molecule has 0 spiro atoms. The zero-order valence-corrected chi connectivity index (χ0v) is 10.4. The van der Waals surface area contributed by atoms with Crippen molar-refractivity contribution in [2.45, 2.75) is 13.3 Å². The predicted octanol–water partition coefficient (Wildman–Crippen LogP) is 1.68. The molecule has 0 aliphatic carbocycles. The molecule has 0 N–H and O–H groups in total. The van der Waals surface area contributed by atoms with E-state index in [2.05, 4.69) is 32.0 Å². The normalized spacial score (nSPS) is 10.6. The van der Waals surface area contributed by atoms with Crippen LogP contribution in [-0.2, 0) is 6.42 Å². The average molecular weight is 252 g/mol. The van der Waals surface area contributed by atoms with Crippen molar-refractivity contribution in [2.24, 2.45) is 0 Å². The Bertz CT molecular complexity index is 676. The van der Waals surface area contributed by atoms with Crippen molar-refractivity contribution < 1.29 is 0 Å². The predicted molar refractivity (Wildman–Crippen MR) is 69.6 cm³/mol. The first-order valence-corrected chi connectivity index (χ1v) is 6.00. The van der Waals surface area contributed by atoms with E-state index >= 15 is 0 Å². The van der Waals surface area contributed by atoms with E-state index < -0.39 is 0 Å². The summed E-state index contributed by atoms with van der Waals surface area (Å²) in [5, 5.41) is 4.27. The van der Waals surface area contributed by atoms with Gasteiger partial charge in [0.2, 0.25) is 0 Å². The topological polar surface area (TPSA) is 69.4 Å². The Morgan fingerprint density at radius 1 is 1.16 bits per heavy atom. The van der Waals surface area contributed by atoms with Crippen LogP contribution in [0.3, 0.4) is 0 Å². The largest absolute Gasteiger partial charge is 0.250 e. The SMILES string of the molecule is CCc1ccnc(-n2cc(-c3ccncn3)cn2)n1. The third kappa shape index (κ3) is 2.33. The fourth-order valence-corrected chi connectivity index (χ4v) is 1.72. The summed E-state index contributed by atoms with van der Waals surface area (Å²) in [6, 6.07) is 3.74. The summed E-state index contributed by atoms with van der Waals surface area (Å²) in [6.45, 7) is 2.06. The third-order valence-corrected chi connectivity index (χ3v) is 2.73. The molecule has 0 amide bonds. The molecule has 0 aliphatic heterocycles. The molecular formula is C13H12N6. The van der Waals surface area contributed by atoms with Gasteiger partial charge in [-0.25, -0.2) is 24.6 Å². The second-order valence-corrected chi connectivity index (χ2v) is 3.97. The molecule has 0 unspecified atom stereocenters. The van der Waals surface area contributed by atoms with Crippen LogP contribution in [0.25, 0.3) is 17.2 Å². The summed E-state index contributed by atoms with van der Waals surface area (Å²) in [5.74, 6) is 0.569. The zero-order chi connectivity index (χ0) is 13.1. The van der Waals surface area contributed by atoms with Crippen molar-refractivity contribution in [3.63, 3.8) is 0 Å². The van der Waals surface area contributed by atoms with Crippen molar-refractivity contribution >= 4 is 0 Å². The van der Waals surface area contributed by atoms with Crippen LogP contribution in [0.15, 0.2) is 43.2 Å². The lowest BCUT2D eigenvalue weighted by Crippen LogP contribution is -2.02. The smallest absolute Gasteiger partial charge is 0.245 e. The second-order valence-electron chi connectivity index (χ2n) is 3.97. The summed E-state index contributed by atoms with van der Waals surface area (Å²) in [4.78, 5) is 16.7. The van der Waals surface area contributed by atoms with Crippen LogP contribution < -0.4 is 0 Å². The summed E-state index contributed by atoms with van der Waals surface area (Å²) in [6.07, 6.45) is 9.43. The Balaban J connectivity index is 1.97. The van der Waals surface area contributed by atoms with Gasteiger partial charge in [-0.3, -0.25) is 0 Å². The Morgan fingerprint density at radius 2 is 2.11 bits per heavy atom. The van der Waals surface area contributed by atoms with Gasteiger partial charge in [-0.1, -0.05) is 6.92 Å². The van der Waals surface area contributed by atoms with Crippen LogP contribution in [-0.4, -0.2) is 29.7 Å². The minimum absolute atomic E-state index is 0.569. The fourth-order valence-electron chi connectivity index (χ4n) is 1.72. The molecule has 94 valence electrons. The summed E-state index contributed by atoms with van der Waals surface area (Å²) in [7, 11) is 0. The van der Waals surface area contributed by atoms with E-state index in [0.29, 0.717) is 5.95 Å². The number of hydrogen-bond acceptors (Lipinski definition) is 5. The Kier molecular flexibility index (Phi) is 2.97. The second kappa shape index (κ2) is 4.93. The molecule has 0 saturated carbocycles. The van der Waals surface area contributed by atoms with Gasteiger partial charge in [-0.15, -0.1) is 0 Å². The Labute approximate surface area is 110 Å². The molecule has 0 bridgehead atoms. The third-order valence-electron chi connectivity index (χ3n) is 2.73. The molecular weight excluding hydrogens is 240 g/mol. The summed E-state index contributed by atoms with van der Waals surface area (Å²) >= 11 is 0. The highest BCUT2D eigenvalue weighted by Gasteiger charge is 2.06. The first-order chi connectivity index (χ1) is 9.36. The van der Waals surface area contributed by atoms with Gasteiger partial charge in [-0.2, -0.15) is 5.10 Å². The van der Waals surface area contributed by atoms with Gasteiger partial charge in [0, 0.05) is 29.8 Å². The summed E-state index contributed by atoms with van der Waals surface area (Å²) in [5.41, 5.74) is 2.73. The lowest BCUT2D eigenvalue weighted by atomic mass is 10.2. The Morgan fingerprint density at radius 3 is 2.89 bits per heavy atom. The van der Waals surface area contributed by atoms with Gasteiger partial charge in [0.25, 0.3) is 5.95 Å². The number of nitrogens with zero attached hydrogens (tertiary/aromatic N) is 6. The summed E-state index contributed by atoms with van der Waals surface area (Å²) < 4.78 is 1.65. The monoisotopic (exact) mass is 252 g/mol. The fraction of sp³-hybridized carbons (Fsp3) is 0.154. The maximum Gasteiger partial charge on any atom is 0.250 e. The number of aromatic nitrogens is 6. The molecule has 3 aromatic rings. The molecule has 0 radical (unpaired) electrons. The highest BCUT2D eigenvalue weighted by Crippen LogP contribution is 2.15. The van der Waals surface area contributed by atoms with E-state index in [1.807, 2.05) is 18.3 Å². The van der Waals surface area contributed by atoms with E-state index in [4.69, 9.17) is 0 Å². The van der Waals surface area contributed by atoms with Crippen LogP contribution in [0.5, 0.6) is 0 Å². The van der Waals surface area contributed by atoms with Gasteiger partial charge in [-0.05, 0) is 18.6 Å². The number of rotatable bonds is 3. The van der Waals surface area contributed by atoms with Crippen LogP contribution in [0.1, 0.15) is 12.6 Å². The molecule has 19 heavy (non-hydrogen) atoms.